The number of aliphatic imine (C=N–C) groups is 1. The molecule has 0 radical (unpaired) electrons. The normalized spacial score (nSPS) is 23.4. The van der Waals surface area contributed by atoms with E-state index in [0.29, 0.717) is 5.92 Å². The number of rotatable bonds is 3. The van der Waals surface area contributed by atoms with Crippen molar-refractivity contribution in [1.29, 1.82) is 0 Å². The number of fused-ring (bicyclic) bond motifs is 1. The molecule has 0 saturated heterocycles. The fourth-order valence-corrected chi connectivity index (χ4v) is 3.08. The van der Waals surface area contributed by atoms with E-state index in [1.807, 2.05) is 0 Å². The van der Waals surface area contributed by atoms with E-state index in [-0.39, 0.29) is 0 Å². The minimum Gasteiger partial charge on any atom is -0.373 e. The first-order chi connectivity index (χ1) is 10.1. The summed E-state index contributed by atoms with van der Waals surface area (Å²) in [6, 6.07) is 0. The summed E-state index contributed by atoms with van der Waals surface area (Å²) in [5.41, 5.74) is 3.75. The topological polar surface area (TPSA) is 22.1 Å². The van der Waals surface area contributed by atoms with Gasteiger partial charge < -0.3 is 4.90 Å². The smallest absolute Gasteiger partial charge is 0.145 e. The third kappa shape index (κ3) is 2.44. The lowest BCUT2D eigenvalue weighted by molar-refractivity contribution is 0.126. The van der Waals surface area contributed by atoms with Crippen LogP contribution in [0.4, 0.5) is 0 Å². The van der Waals surface area contributed by atoms with Crippen molar-refractivity contribution >= 4 is 5.71 Å². The molecule has 1 unspecified atom stereocenters. The average Bonchev–Trinajstić information content (AvgIpc) is 2.87. The number of allylic oxidation sites excluding steroid dienone is 4. The minimum absolute atomic E-state index is 0.546. The molecule has 3 rings (SSSR count). The molecule has 0 saturated carbocycles. The summed E-state index contributed by atoms with van der Waals surface area (Å²) in [6.45, 7) is 6.45. The highest BCUT2D eigenvalue weighted by Gasteiger charge is 2.25. The first-order valence-corrected chi connectivity index (χ1v) is 7.71. The second-order valence-electron chi connectivity index (χ2n) is 5.95. The second kappa shape index (κ2) is 5.53. The Bertz CT molecular complexity index is 580. The van der Waals surface area contributed by atoms with Crippen molar-refractivity contribution in [1.82, 2.24) is 14.9 Å². The van der Waals surface area contributed by atoms with Gasteiger partial charge in [0.05, 0.1) is 5.71 Å². The summed E-state index contributed by atoms with van der Waals surface area (Å²) in [7, 11) is 4.25. The Hall–Kier alpha value is -1.81. The molecular formula is C17H24N4. The Morgan fingerprint density at radius 3 is 2.81 bits per heavy atom. The van der Waals surface area contributed by atoms with Crippen molar-refractivity contribution in [2.75, 3.05) is 27.2 Å². The fraction of sp³-hybridized carbons (Fsp3) is 0.471. The van der Waals surface area contributed by atoms with Gasteiger partial charge in [-0.25, -0.2) is 10.0 Å². The van der Waals surface area contributed by atoms with E-state index >= 15 is 0 Å². The average molecular weight is 284 g/mol. The largest absolute Gasteiger partial charge is 0.373 e. The Morgan fingerprint density at radius 2 is 2.05 bits per heavy atom. The maximum atomic E-state index is 4.86. The fourth-order valence-electron chi connectivity index (χ4n) is 3.08. The summed E-state index contributed by atoms with van der Waals surface area (Å²) >= 11 is 0. The van der Waals surface area contributed by atoms with Crippen molar-refractivity contribution in [3.8, 4) is 0 Å². The van der Waals surface area contributed by atoms with E-state index in [1.54, 1.807) is 0 Å². The van der Waals surface area contributed by atoms with Crippen LogP contribution in [-0.2, 0) is 0 Å². The number of nitrogens with zero attached hydrogens (tertiary/aromatic N) is 4. The zero-order valence-electron chi connectivity index (χ0n) is 13.4. The van der Waals surface area contributed by atoms with Crippen molar-refractivity contribution in [2.45, 2.75) is 20.3 Å². The van der Waals surface area contributed by atoms with Crippen LogP contribution in [0, 0.1) is 5.92 Å². The third-order valence-corrected chi connectivity index (χ3v) is 4.46. The molecule has 0 spiro atoms. The number of likely N-dealkylation sites (N-methyl/N-ethyl adjacent to an activating group) is 2. The van der Waals surface area contributed by atoms with E-state index in [0.717, 1.165) is 31.0 Å². The first kappa shape index (κ1) is 14.1. The zero-order valence-corrected chi connectivity index (χ0v) is 13.4. The summed E-state index contributed by atoms with van der Waals surface area (Å²) in [4.78, 5) is 7.21. The van der Waals surface area contributed by atoms with E-state index in [1.165, 1.54) is 11.3 Å². The molecule has 3 aliphatic rings. The molecule has 3 aliphatic heterocycles. The van der Waals surface area contributed by atoms with Gasteiger partial charge in [0.25, 0.3) is 0 Å². The molecule has 3 heterocycles. The van der Waals surface area contributed by atoms with Crippen LogP contribution in [0.1, 0.15) is 20.3 Å². The van der Waals surface area contributed by atoms with E-state index in [4.69, 9.17) is 4.99 Å². The quantitative estimate of drug-likeness (QED) is 0.795. The molecule has 0 fully saturated rings. The van der Waals surface area contributed by atoms with Gasteiger partial charge in [-0.3, -0.25) is 5.01 Å². The van der Waals surface area contributed by atoms with Crippen LogP contribution in [0.3, 0.4) is 0 Å². The van der Waals surface area contributed by atoms with E-state index in [9.17, 15) is 0 Å². The van der Waals surface area contributed by atoms with Gasteiger partial charge in [-0.15, -0.1) is 0 Å². The third-order valence-electron chi connectivity index (χ3n) is 4.46. The molecule has 0 bridgehead atoms. The van der Waals surface area contributed by atoms with Gasteiger partial charge in [0, 0.05) is 44.7 Å². The number of hydrazine groups is 1. The molecule has 0 aliphatic carbocycles. The van der Waals surface area contributed by atoms with Crippen LogP contribution in [0.5, 0.6) is 0 Å². The second-order valence-corrected chi connectivity index (χ2v) is 5.95. The van der Waals surface area contributed by atoms with Crippen molar-refractivity contribution in [3.63, 3.8) is 0 Å². The molecule has 0 amide bonds. The van der Waals surface area contributed by atoms with Crippen LogP contribution in [0.25, 0.3) is 0 Å². The Balaban J connectivity index is 2.00. The molecular weight excluding hydrogens is 260 g/mol. The standard InChI is InChI=1S/C17H24N4/c1-5-13(2)17-14(7-6-10-19(17)3)15-8-12-21-16(18-15)9-11-20(21)4/h6-9,12-13H,5,10-11H2,1-4H3. The van der Waals surface area contributed by atoms with Crippen molar-refractivity contribution < 1.29 is 0 Å². The van der Waals surface area contributed by atoms with E-state index in [2.05, 4.69) is 73.4 Å². The van der Waals surface area contributed by atoms with Crippen molar-refractivity contribution in [2.24, 2.45) is 10.9 Å². The summed E-state index contributed by atoms with van der Waals surface area (Å²) in [5.74, 6) is 1.58. The molecule has 21 heavy (non-hydrogen) atoms. The Morgan fingerprint density at radius 1 is 1.24 bits per heavy atom. The Labute approximate surface area is 127 Å². The van der Waals surface area contributed by atoms with Gasteiger partial charge in [-0.1, -0.05) is 26.0 Å². The van der Waals surface area contributed by atoms with Crippen LogP contribution >= 0.6 is 0 Å². The summed E-state index contributed by atoms with van der Waals surface area (Å²) in [5, 5.41) is 4.25. The lowest BCUT2D eigenvalue weighted by Gasteiger charge is -2.32. The number of hydrogen-bond acceptors (Lipinski definition) is 4. The molecule has 0 aromatic heterocycles. The predicted octanol–water partition coefficient (Wildman–Crippen LogP) is 2.76. The van der Waals surface area contributed by atoms with Gasteiger partial charge in [-0.2, -0.15) is 0 Å². The van der Waals surface area contributed by atoms with Crippen LogP contribution in [0.15, 0.2) is 52.6 Å². The van der Waals surface area contributed by atoms with Gasteiger partial charge in [0.1, 0.15) is 5.82 Å². The van der Waals surface area contributed by atoms with Crippen molar-refractivity contribution in [3.05, 3.63) is 47.6 Å². The van der Waals surface area contributed by atoms with Crippen LogP contribution < -0.4 is 0 Å². The zero-order chi connectivity index (χ0) is 15.0. The van der Waals surface area contributed by atoms with E-state index < -0.39 is 0 Å². The first-order valence-electron chi connectivity index (χ1n) is 7.71. The maximum absolute atomic E-state index is 4.86. The van der Waals surface area contributed by atoms with Gasteiger partial charge in [0.15, 0.2) is 0 Å². The van der Waals surface area contributed by atoms with Crippen LogP contribution in [0.2, 0.25) is 0 Å². The lowest BCUT2D eigenvalue weighted by atomic mass is 9.93. The van der Waals surface area contributed by atoms with Gasteiger partial charge in [0.2, 0.25) is 0 Å². The van der Waals surface area contributed by atoms with Gasteiger partial charge in [-0.05, 0) is 24.5 Å². The monoisotopic (exact) mass is 284 g/mol. The number of hydrogen-bond donors (Lipinski definition) is 0. The Kier molecular flexibility index (Phi) is 3.72. The molecule has 4 nitrogen and oxygen atoms in total. The lowest BCUT2D eigenvalue weighted by Crippen LogP contribution is -2.32. The summed E-state index contributed by atoms with van der Waals surface area (Å²) in [6.07, 6.45) is 12.0. The minimum atomic E-state index is 0.546. The highest BCUT2D eigenvalue weighted by molar-refractivity contribution is 6.11. The molecule has 112 valence electrons. The maximum Gasteiger partial charge on any atom is 0.145 e. The summed E-state index contributed by atoms with van der Waals surface area (Å²) < 4.78 is 0. The molecule has 0 aromatic rings. The van der Waals surface area contributed by atoms with Gasteiger partial charge >= 0.3 is 0 Å². The molecule has 4 heteroatoms. The highest BCUT2D eigenvalue weighted by Crippen LogP contribution is 2.29. The highest BCUT2D eigenvalue weighted by atomic mass is 15.6. The molecule has 0 aromatic carbocycles. The SMILES string of the molecule is CCC(C)C1=C(C2=NC3=CCN(C)N3C=C2)C=CCN1C. The predicted molar refractivity (Wildman–Crippen MR) is 87.4 cm³/mol. The van der Waals surface area contributed by atoms with Crippen LogP contribution in [-0.4, -0.2) is 47.8 Å². The molecule has 0 N–H and O–H groups in total. The molecule has 1 atom stereocenters.